The first kappa shape index (κ1) is 16.4. The van der Waals surface area contributed by atoms with Crippen molar-refractivity contribution in [3.05, 3.63) is 29.6 Å². The van der Waals surface area contributed by atoms with Crippen LogP contribution in [0.4, 0.5) is 4.39 Å². The molecule has 1 N–H and O–H groups in total. The van der Waals surface area contributed by atoms with Crippen LogP contribution in [-0.2, 0) is 9.84 Å². The van der Waals surface area contributed by atoms with E-state index in [2.05, 4.69) is 19.2 Å². The lowest BCUT2D eigenvalue weighted by Crippen LogP contribution is -2.57. The fourth-order valence-electron chi connectivity index (χ4n) is 3.93. The van der Waals surface area contributed by atoms with E-state index in [-0.39, 0.29) is 16.2 Å². The summed E-state index contributed by atoms with van der Waals surface area (Å²) in [6.07, 6.45) is 4.05. The zero-order valence-corrected chi connectivity index (χ0v) is 13.9. The number of nitrogens with one attached hydrogen (secondary N) is 1. The maximum atomic E-state index is 14.1. The minimum absolute atomic E-state index is 0.133. The van der Waals surface area contributed by atoms with E-state index >= 15 is 0 Å². The van der Waals surface area contributed by atoms with Gasteiger partial charge in [0.05, 0.1) is 0 Å². The van der Waals surface area contributed by atoms with Crippen molar-refractivity contribution in [2.24, 2.45) is 5.41 Å². The van der Waals surface area contributed by atoms with Crippen LogP contribution in [0.2, 0.25) is 0 Å². The number of hydrogen-bond acceptors (Lipinski definition) is 3. The Morgan fingerprint density at radius 2 is 1.95 bits per heavy atom. The fraction of sp³-hybridized carbons (Fsp3) is 0.625. The van der Waals surface area contributed by atoms with Gasteiger partial charge in [-0.15, -0.1) is 0 Å². The lowest BCUT2D eigenvalue weighted by molar-refractivity contribution is 0.0244. The standard InChI is InChI=1S/C16H24FNO2S/c1-5-16(6-2)12(10-15(16)18-3)11-7-8-14(13(17)9-11)21(4,19)20/h7-9,12,15,18H,5-6,10H2,1-4H3. The molecule has 1 aromatic carbocycles. The van der Waals surface area contributed by atoms with E-state index in [1.807, 2.05) is 7.05 Å². The molecule has 21 heavy (non-hydrogen) atoms. The molecule has 0 radical (unpaired) electrons. The third-order valence-corrected chi connectivity index (χ3v) is 6.41. The third-order valence-electron chi connectivity index (χ3n) is 5.28. The van der Waals surface area contributed by atoms with E-state index < -0.39 is 15.7 Å². The Balaban J connectivity index is 2.38. The Morgan fingerprint density at radius 1 is 1.33 bits per heavy atom. The van der Waals surface area contributed by atoms with Gasteiger partial charge in [-0.05, 0) is 55.3 Å². The molecule has 1 aromatic rings. The van der Waals surface area contributed by atoms with Gasteiger partial charge in [0.25, 0.3) is 0 Å². The summed E-state index contributed by atoms with van der Waals surface area (Å²) in [6, 6.07) is 5.03. The van der Waals surface area contributed by atoms with Crippen molar-refractivity contribution in [2.75, 3.05) is 13.3 Å². The van der Waals surface area contributed by atoms with E-state index in [4.69, 9.17) is 0 Å². The van der Waals surface area contributed by atoms with Crippen molar-refractivity contribution in [3.8, 4) is 0 Å². The topological polar surface area (TPSA) is 46.2 Å². The predicted octanol–water partition coefficient (Wildman–Crippen LogP) is 3.11. The van der Waals surface area contributed by atoms with Crippen LogP contribution in [0.3, 0.4) is 0 Å². The summed E-state index contributed by atoms with van der Waals surface area (Å²) in [6.45, 7) is 4.34. The maximum Gasteiger partial charge on any atom is 0.178 e. The van der Waals surface area contributed by atoms with Gasteiger partial charge < -0.3 is 5.32 Å². The molecule has 5 heteroatoms. The van der Waals surface area contributed by atoms with Crippen LogP contribution in [0, 0.1) is 11.2 Å². The molecule has 1 aliphatic carbocycles. The van der Waals surface area contributed by atoms with E-state index in [9.17, 15) is 12.8 Å². The van der Waals surface area contributed by atoms with Gasteiger partial charge in [-0.1, -0.05) is 19.9 Å². The summed E-state index contributed by atoms with van der Waals surface area (Å²) in [7, 11) is -1.54. The van der Waals surface area contributed by atoms with E-state index in [0.717, 1.165) is 31.1 Å². The minimum atomic E-state index is -3.51. The second kappa shape index (κ2) is 5.69. The van der Waals surface area contributed by atoms with Crippen molar-refractivity contribution >= 4 is 9.84 Å². The fourth-order valence-corrected chi connectivity index (χ4v) is 4.66. The van der Waals surface area contributed by atoms with E-state index in [0.29, 0.717) is 6.04 Å². The van der Waals surface area contributed by atoms with Gasteiger partial charge in [-0.3, -0.25) is 0 Å². The molecular formula is C16H24FNO2S. The molecule has 1 saturated carbocycles. The summed E-state index contributed by atoms with van der Waals surface area (Å²) >= 11 is 0. The zero-order chi connectivity index (χ0) is 15.8. The van der Waals surface area contributed by atoms with E-state index in [1.165, 1.54) is 12.1 Å². The zero-order valence-electron chi connectivity index (χ0n) is 13.1. The summed E-state index contributed by atoms with van der Waals surface area (Å²) in [5.41, 5.74) is 1.04. The number of benzene rings is 1. The van der Waals surface area contributed by atoms with Crippen molar-refractivity contribution in [1.29, 1.82) is 0 Å². The van der Waals surface area contributed by atoms with Crippen molar-refractivity contribution < 1.29 is 12.8 Å². The predicted molar refractivity (Wildman–Crippen MR) is 82.7 cm³/mol. The molecule has 0 amide bonds. The Hall–Kier alpha value is -0.940. The molecule has 2 unspecified atom stereocenters. The first-order valence-electron chi connectivity index (χ1n) is 7.47. The first-order valence-corrected chi connectivity index (χ1v) is 9.36. The largest absolute Gasteiger partial charge is 0.316 e. The molecule has 0 spiro atoms. The van der Waals surface area contributed by atoms with Gasteiger partial charge in [-0.25, -0.2) is 12.8 Å². The molecule has 0 aliphatic heterocycles. The molecule has 0 aromatic heterocycles. The quantitative estimate of drug-likeness (QED) is 0.908. The number of hydrogen-bond donors (Lipinski definition) is 1. The molecule has 2 rings (SSSR count). The van der Waals surface area contributed by atoms with Gasteiger partial charge in [0.1, 0.15) is 10.7 Å². The molecule has 0 saturated heterocycles. The second-order valence-electron chi connectivity index (χ2n) is 6.03. The molecule has 3 nitrogen and oxygen atoms in total. The van der Waals surface area contributed by atoms with Crippen molar-refractivity contribution in [3.63, 3.8) is 0 Å². The highest BCUT2D eigenvalue weighted by molar-refractivity contribution is 7.90. The molecule has 1 aliphatic rings. The Labute approximate surface area is 126 Å². The number of rotatable bonds is 5. The highest BCUT2D eigenvalue weighted by atomic mass is 32.2. The highest BCUT2D eigenvalue weighted by Gasteiger charge is 2.52. The van der Waals surface area contributed by atoms with Crippen molar-refractivity contribution in [2.45, 2.75) is 50.0 Å². The van der Waals surface area contributed by atoms with Crippen LogP contribution in [0.15, 0.2) is 23.1 Å². The van der Waals surface area contributed by atoms with Gasteiger partial charge in [-0.2, -0.15) is 0 Å². The average Bonchev–Trinajstić information content (AvgIpc) is 2.38. The maximum absolute atomic E-state index is 14.1. The van der Waals surface area contributed by atoms with E-state index in [1.54, 1.807) is 6.07 Å². The summed E-state index contributed by atoms with van der Waals surface area (Å²) < 4.78 is 37.1. The second-order valence-corrected chi connectivity index (χ2v) is 8.02. The molecular weight excluding hydrogens is 289 g/mol. The van der Waals surface area contributed by atoms with Crippen LogP contribution in [-0.4, -0.2) is 27.8 Å². The first-order chi connectivity index (χ1) is 9.80. The number of sulfone groups is 1. The molecule has 0 heterocycles. The Kier molecular flexibility index (Phi) is 4.45. The van der Waals surface area contributed by atoms with Gasteiger partial charge in [0, 0.05) is 12.3 Å². The van der Waals surface area contributed by atoms with Crippen LogP contribution in [0.25, 0.3) is 0 Å². The van der Waals surface area contributed by atoms with Crippen LogP contribution < -0.4 is 5.32 Å². The monoisotopic (exact) mass is 313 g/mol. The SMILES string of the molecule is CCC1(CC)C(NC)CC1c1ccc(S(C)(=O)=O)c(F)c1. The average molecular weight is 313 g/mol. The van der Waals surface area contributed by atoms with Gasteiger partial charge >= 0.3 is 0 Å². The normalized spacial score (nSPS) is 24.6. The summed E-state index contributed by atoms with van der Waals surface area (Å²) in [5.74, 6) is -0.350. The van der Waals surface area contributed by atoms with Crippen LogP contribution in [0.5, 0.6) is 0 Å². The lowest BCUT2D eigenvalue weighted by Gasteiger charge is -2.56. The highest BCUT2D eigenvalue weighted by Crippen LogP contribution is 2.57. The smallest absolute Gasteiger partial charge is 0.178 e. The molecule has 1 fully saturated rings. The Bertz CT molecular complexity index is 623. The number of halogens is 1. The summed E-state index contributed by atoms with van der Waals surface area (Å²) in [4.78, 5) is -0.214. The molecule has 2 atom stereocenters. The minimum Gasteiger partial charge on any atom is -0.316 e. The van der Waals surface area contributed by atoms with Crippen molar-refractivity contribution in [1.82, 2.24) is 5.32 Å². The van der Waals surface area contributed by atoms with Gasteiger partial charge in [0.15, 0.2) is 9.84 Å². The Morgan fingerprint density at radius 3 is 2.38 bits per heavy atom. The molecule has 0 bridgehead atoms. The summed E-state index contributed by atoms with van der Waals surface area (Å²) in [5, 5.41) is 3.35. The molecule has 118 valence electrons. The van der Waals surface area contributed by atoms with Crippen LogP contribution >= 0.6 is 0 Å². The van der Waals surface area contributed by atoms with Crippen LogP contribution in [0.1, 0.15) is 44.6 Å². The third kappa shape index (κ3) is 2.61. The van der Waals surface area contributed by atoms with Gasteiger partial charge in [0.2, 0.25) is 0 Å². The lowest BCUT2D eigenvalue weighted by atomic mass is 9.52.